The first-order valence-corrected chi connectivity index (χ1v) is 7.89. The molecule has 2 heterocycles. The number of halogens is 1. The summed E-state index contributed by atoms with van der Waals surface area (Å²) in [6.45, 7) is 0.867. The van der Waals surface area contributed by atoms with Crippen molar-refractivity contribution in [2.24, 2.45) is 0 Å². The van der Waals surface area contributed by atoms with E-state index in [1.165, 1.54) is 24.5 Å². The highest BCUT2D eigenvalue weighted by Crippen LogP contribution is 2.28. The Morgan fingerprint density at radius 1 is 1.55 bits per heavy atom. The van der Waals surface area contributed by atoms with Crippen molar-refractivity contribution in [3.63, 3.8) is 0 Å². The SMILES string of the molecule is COc1ccc(-c2csc(NC(=O)C3CCCN3)n2)cc1F. The van der Waals surface area contributed by atoms with Gasteiger partial charge in [-0.1, -0.05) is 0 Å². The van der Waals surface area contributed by atoms with E-state index in [4.69, 9.17) is 4.74 Å². The molecule has 1 fully saturated rings. The highest BCUT2D eigenvalue weighted by Gasteiger charge is 2.22. The van der Waals surface area contributed by atoms with Crippen molar-refractivity contribution in [1.82, 2.24) is 10.3 Å². The van der Waals surface area contributed by atoms with Crippen LogP contribution in [0.2, 0.25) is 0 Å². The van der Waals surface area contributed by atoms with Gasteiger partial charge in [0.05, 0.1) is 18.8 Å². The van der Waals surface area contributed by atoms with E-state index in [1.54, 1.807) is 17.5 Å². The molecule has 0 saturated carbocycles. The first-order valence-electron chi connectivity index (χ1n) is 7.01. The fraction of sp³-hybridized carbons (Fsp3) is 0.333. The number of methoxy groups -OCH3 is 1. The highest BCUT2D eigenvalue weighted by atomic mass is 32.1. The molecule has 5 nitrogen and oxygen atoms in total. The van der Waals surface area contributed by atoms with Crippen molar-refractivity contribution >= 4 is 22.4 Å². The van der Waals surface area contributed by atoms with Gasteiger partial charge in [-0.15, -0.1) is 11.3 Å². The van der Waals surface area contributed by atoms with Crippen LogP contribution in [0.1, 0.15) is 12.8 Å². The van der Waals surface area contributed by atoms with Gasteiger partial charge in [0.15, 0.2) is 16.7 Å². The molecule has 1 aliphatic heterocycles. The molecular formula is C15H16FN3O2S. The quantitative estimate of drug-likeness (QED) is 0.909. The van der Waals surface area contributed by atoms with E-state index >= 15 is 0 Å². The van der Waals surface area contributed by atoms with Crippen molar-refractivity contribution in [2.45, 2.75) is 18.9 Å². The molecule has 22 heavy (non-hydrogen) atoms. The Morgan fingerprint density at radius 3 is 3.09 bits per heavy atom. The average molecular weight is 321 g/mol. The molecule has 1 aromatic carbocycles. The van der Waals surface area contributed by atoms with Crippen LogP contribution in [0.4, 0.5) is 9.52 Å². The lowest BCUT2D eigenvalue weighted by atomic mass is 10.1. The molecule has 2 aromatic rings. The van der Waals surface area contributed by atoms with Gasteiger partial charge in [0.1, 0.15) is 0 Å². The van der Waals surface area contributed by atoms with Gasteiger partial charge in [-0.05, 0) is 37.6 Å². The van der Waals surface area contributed by atoms with Gasteiger partial charge >= 0.3 is 0 Å². The first kappa shape index (κ1) is 14.9. The van der Waals surface area contributed by atoms with Crippen LogP contribution in [0, 0.1) is 5.82 Å². The van der Waals surface area contributed by atoms with Crippen LogP contribution in [0.3, 0.4) is 0 Å². The summed E-state index contributed by atoms with van der Waals surface area (Å²) in [5.74, 6) is -0.312. The van der Waals surface area contributed by atoms with E-state index < -0.39 is 5.82 Å². The van der Waals surface area contributed by atoms with Gasteiger partial charge < -0.3 is 15.4 Å². The number of nitrogens with one attached hydrogen (secondary N) is 2. The molecule has 1 saturated heterocycles. The third-order valence-electron chi connectivity index (χ3n) is 3.56. The van der Waals surface area contributed by atoms with Gasteiger partial charge in [-0.2, -0.15) is 0 Å². The second-order valence-electron chi connectivity index (χ2n) is 5.03. The molecule has 116 valence electrons. The Hall–Kier alpha value is -1.99. The Bertz CT molecular complexity index is 683. The van der Waals surface area contributed by atoms with Gasteiger partial charge in [0.2, 0.25) is 5.91 Å². The number of amides is 1. The van der Waals surface area contributed by atoms with Crippen molar-refractivity contribution < 1.29 is 13.9 Å². The number of hydrogen-bond acceptors (Lipinski definition) is 5. The molecule has 1 aromatic heterocycles. The van der Waals surface area contributed by atoms with E-state index in [0.29, 0.717) is 16.4 Å². The summed E-state index contributed by atoms with van der Waals surface area (Å²) in [6.07, 6.45) is 1.85. The second-order valence-corrected chi connectivity index (χ2v) is 5.88. The third kappa shape index (κ3) is 3.10. The van der Waals surface area contributed by atoms with E-state index in [2.05, 4.69) is 15.6 Å². The highest BCUT2D eigenvalue weighted by molar-refractivity contribution is 7.14. The summed E-state index contributed by atoms with van der Waals surface area (Å²) in [5, 5.41) is 8.24. The van der Waals surface area contributed by atoms with Crippen LogP contribution in [0.15, 0.2) is 23.6 Å². The van der Waals surface area contributed by atoms with Crippen molar-refractivity contribution in [3.8, 4) is 17.0 Å². The smallest absolute Gasteiger partial charge is 0.243 e. The number of carbonyl (C=O) groups excluding carboxylic acids is 1. The molecule has 0 spiro atoms. The molecule has 1 atom stereocenters. The predicted molar refractivity (Wildman–Crippen MR) is 83.7 cm³/mol. The van der Waals surface area contributed by atoms with Crippen molar-refractivity contribution in [3.05, 3.63) is 29.4 Å². The second kappa shape index (κ2) is 6.41. The molecule has 2 N–H and O–H groups in total. The summed E-state index contributed by atoms with van der Waals surface area (Å²) in [7, 11) is 1.42. The zero-order valence-electron chi connectivity index (χ0n) is 12.1. The molecule has 7 heteroatoms. The van der Waals surface area contributed by atoms with Crippen LogP contribution in [0.5, 0.6) is 5.75 Å². The molecule has 1 amide bonds. The van der Waals surface area contributed by atoms with Crippen LogP contribution in [0.25, 0.3) is 11.3 Å². The van der Waals surface area contributed by atoms with Crippen LogP contribution >= 0.6 is 11.3 Å². The number of benzene rings is 1. The monoisotopic (exact) mass is 321 g/mol. The number of aromatic nitrogens is 1. The Morgan fingerprint density at radius 2 is 2.41 bits per heavy atom. The number of nitrogens with zero attached hydrogens (tertiary/aromatic N) is 1. The fourth-order valence-electron chi connectivity index (χ4n) is 2.39. The normalized spacial score (nSPS) is 17.5. The summed E-state index contributed by atoms with van der Waals surface area (Å²) in [4.78, 5) is 16.4. The summed E-state index contributed by atoms with van der Waals surface area (Å²) >= 11 is 1.32. The number of rotatable bonds is 4. The minimum Gasteiger partial charge on any atom is -0.494 e. The number of anilines is 1. The molecule has 3 rings (SSSR count). The minimum absolute atomic E-state index is 0.0701. The lowest BCUT2D eigenvalue weighted by Crippen LogP contribution is -2.35. The summed E-state index contributed by atoms with van der Waals surface area (Å²) < 4.78 is 18.6. The largest absolute Gasteiger partial charge is 0.494 e. The fourth-order valence-corrected chi connectivity index (χ4v) is 3.11. The first-order chi connectivity index (χ1) is 10.7. The van der Waals surface area contributed by atoms with Crippen LogP contribution < -0.4 is 15.4 Å². The van der Waals surface area contributed by atoms with Gasteiger partial charge in [0, 0.05) is 10.9 Å². The standard InChI is InChI=1S/C15H16FN3O2S/c1-21-13-5-4-9(7-10(13)16)12-8-22-15(18-12)19-14(20)11-3-2-6-17-11/h4-5,7-8,11,17H,2-3,6H2,1H3,(H,18,19,20). The zero-order valence-corrected chi connectivity index (χ0v) is 12.9. The summed E-state index contributed by atoms with van der Waals surface area (Å²) in [5.41, 5.74) is 1.27. The number of ether oxygens (including phenoxy) is 1. The Labute approximate surface area is 131 Å². The van der Waals surface area contributed by atoms with Crippen molar-refractivity contribution in [2.75, 3.05) is 19.0 Å². The molecule has 1 unspecified atom stereocenters. The Kier molecular flexibility index (Phi) is 4.35. The molecular weight excluding hydrogens is 305 g/mol. The topological polar surface area (TPSA) is 63.2 Å². The number of hydrogen-bond donors (Lipinski definition) is 2. The molecule has 0 bridgehead atoms. The maximum absolute atomic E-state index is 13.7. The molecule has 0 radical (unpaired) electrons. The minimum atomic E-state index is -0.436. The average Bonchev–Trinajstić information content (AvgIpc) is 3.18. The molecule has 0 aliphatic carbocycles. The lowest BCUT2D eigenvalue weighted by molar-refractivity contribution is -0.117. The van der Waals surface area contributed by atoms with Crippen LogP contribution in [-0.4, -0.2) is 30.6 Å². The lowest BCUT2D eigenvalue weighted by Gasteiger charge is -2.08. The Balaban J connectivity index is 1.73. The van der Waals surface area contributed by atoms with E-state index in [0.717, 1.165) is 19.4 Å². The van der Waals surface area contributed by atoms with Gasteiger partial charge in [-0.3, -0.25) is 4.79 Å². The maximum Gasteiger partial charge on any atom is 0.243 e. The van der Waals surface area contributed by atoms with E-state index in [9.17, 15) is 9.18 Å². The van der Waals surface area contributed by atoms with Crippen molar-refractivity contribution in [1.29, 1.82) is 0 Å². The van der Waals surface area contributed by atoms with E-state index in [-0.39, 0.29) is 17.7 Å². The van der Waals surface area contributed by atoms with E-state index in [1.807, 2.05) is 0 Å². The maximum atomic E-state index is 13.7. The third-order valence-corrected chi connectivity index (χ3v) is 4.32. The van der Waals surface area contributed by atoms with Crippen LogP contribution in [-0.2, 0) is 4.79 Å². The number of thiazole rings is 1. The number of carbonyl (C=O) groups is 1. The zero-order chi connectivity index (χ0) is 15.5. The summed E-state index contributed by atoms with van der Waals surface area (Å²) in [6, 6.07) is 4.52. The van der Waals surface area contributed by atoms with Gasteiger partial charge in [-0.25, -0.2) is 9.37 Å². The van der Waals surface area contributed by atoms with Gasteiger partial charge in [0.25, 0.3) is 0 Å². The predicted octanol–water partition coefficient (Wildman–Crippen LogP) is 2.65. The molecule has 1 aliphatic rings.